The summed E-state index contributed by atoms with van der Waals surface area (Å²) in [5.74, 6) is 0.291. The lowest BCUT2D eigenvalue weighted by molar-refractivity contribution is -0.384. The van der Waals surface area contributed by atoms with Gasteiger partial charge in [0.1, 0.15) is 24.3 Å². The second-order valence-electron chi connectivity index (χ2n) is 4.99. The van der Waals surface area contributed by atoms with Crippen LogP contribution < -0.4 is 14.8 Å². The van der Waals surface area contributed by atoms with Crippen molar-refractivity contribution < 1.29 is 24.0 Å². The summed E-state index contributed by atoms with van der Waals surface area (Å²) in [6, 6.07) is 11.1. The third-order valence-corrected chi connectivity index (χ3v) is 3.26. The molecule has 0 fully saturated rings. The van der Waals surface area contributed by atoms with Crippen molar-refractivity contribution in [2.45, 2.75) is 6.61 Å². The van der Waals surface area contributed by atoms with Crippen LogP contribution in [-0.2, 0) is 16.2 Å². The molecule has 0 saturated heterocycles. The van der Waals surface area contributed by atoms with E-state index in [1.54, 1.807) is 19.2 Å². The van der Waals surface area contributed by atoms with Gasteiger partial charge in [-0.1, -0.05) is 17.3 Å². The molecule has 9 heteroatoms. The van der Waals surface area contributed by atoms with Gasteiger partial charge in [-0.2, -0.15) is 0 Å². The number of benzene rings is 2. The van der Waals surface area contributed by atoms with Crippen LogP contribution in [0.3, 0.4) is 0 Å². The van der Waals surface area contributed by atoms with Crippen molar-refractivity contribution in [3.63, 3.8) is 0 Å². The van der Waals surface area contributed by atoms with Crippen LogP contribution in [0.15, 0.2) is 47.6 Å². The average Bonchev–Trinajstić information content (AvgIpc) is 2.65. The van der Waals surface area contributed by atoms with E-state index < -0.39 is 10.8 Å². The number of carbonyl (C=O) groups is 1. The molecule has 0 spiro atoms. The molecule has 0 radical (unpaired) electrons. The normalized spacial score (nSPS) is 10.4. The molecule has 9 nitrogen and oxygen atoms in total. The maximum absolute atomic E-state index is 11.9. The lowest BCUT2D eigenvalue weighted by atomic mass is 10.2. The second kappa shape index (κ2) is 9.02. The number of nitro groups is 1. The molecule has 0 saturated carbocycles. The van der Waals surface area contributed by atoms with Crippen molar-refractivity contribution in [2.24, 2.45) is 5.16 Å². The van der Waals surface area contributed by atoms with Gasteiger partial charge < -0.3 is 19.6 Å². The predicted octanol–water partition coefficient (Wildman–Crippen LogP) is 2.75. The molecule has 26 heavy (non-hydrogen) atoms. The van der Waals surface area contributed by atoms with E-state index in [1.165, 1.54) is 25.3 Å². The zero-order valence-corrected chi connectivity index (χ0v) is 14.2. The molecule has 2 rings (SSSR count). The van der Waals surface area contributed by atoms with Gasteiger partial charge in [-0.05, 0) is 23.8 Å². The molecule has 136 valence electrons. The van der Waals surface area contributed by atoms with Crippen LogP contribution in [0, 0.1) is 10.1 Å². The third-order valence-electron chi connectivity index (χ3n) is 3.26. The Bertz CT molecular complexity index is 822. The fourth-order valence-corrected chi connectivity index (χ4v) is 2.02. The average molecular weight is 359 g/mol. The first-order chi connectivity index (χ1) is 12.5. The molecular weight excluding hydrogens is 342 g/mol. The van der Waals surface area contributed by atoms with Gasteiger partial charge in [0.05, 0.1) is 30.9 Å². The fourth-order valence-electron chi connectivity index (χ4n) is 2.02. The van der Waals surface area contributed by atoms with Gasteiger partial charge >= 0.3 is 0 Å². The molecule has 0 aliphatic carbocycles. The molecule has 0 unspecified atom stereocenters. The first-order valence-corrected chi connectivity index (χ1v) is 7.45. The van der Waals surface area contributed by atoms with Crippen LogP contribution in [0.1, 0.15) is 5.56 Å². The van der Waals surface area contributed by atoms with Crippen LogP contribution in [0.5, 0.6) is 11.5 Å². The monoisotopic (exact) mass is 359 g/mol. The number of methoxy groups -OCH3 is 2. The number of amides is 1. The lowest BCUT2D eigenvalue weighted by Crippen LogP contribution is -2.13. The number of carbonyl (C=O) groups excluding carboxylic acids is 1. The predicted molar refractivity (Wildman–Crippen MR) is 94.6 cm³/mol. The van der Waals surface area contributed by atoms with Gasteiger partial charge in [0.15, 0.2) is 0 Å². The topological polar surface area (TPSA) is 112 Å². The highest BCUT2D eigenvalue weighted by Crippen LogP contribution is 2.28. The third kappa shape index (κ3) is 5.20. The number of oxime groups is 1. The van der Waals surface area contributed by atoms with E-state index in [4.69, 9.17) is 14.3 Å². The highest BCUT2D eigenvalue weighted by molar-refractivity contribution is 6.31. The SMILES string of the molecule is COc1cccc(CO/N=C\C(=O)Nc2ccc([N+](=O)[O-])cc2OC)c1. The largest absolute Gasteiger partial charge is 0.497 e. The summed E-state index contributed by atoms with van der Waals surface area (Å²) in [6.07, 6.45) is 0.959. The smallest absolute Gasteiger partial charge is 0.273 e. The Kier molecular flexibility index (Phi) is 6.49. The van der Waals surface area contributed by atoms with Gasteiger partial charge in [-0.15, -0.1) is 0 Å². The van der Waals surface area contributed by atoms with E-state index in [0.29, 0.717) is 5.75 Å². The Morgan fingerprint density at radius 2 is 2.04 bits per heavy atom. The molecule has 2 aromatic rings. The number of non-ortho nitro benzene ring substituents is 1. The number of nitro benzene ring substituents is 1. The van der Waals surface area contributed by atoms with Crippen molar-refractivity contribution in [1.29, 1.82) is 0 Å². The summed E-state index contributed by atoms with van der Waals surface area (Å²) in [6.45, 7) is 0.168. The molecule has 1 N–H and O–H groups in total. The second-order valence-corrected chi connectivity index (χ2v) is 4.99. The van der Waals surface area contributed by atoms with E-state index in [0.717, 1.165) is 11.8 Å². The summed E-state index contributed by atoms with van der Waals surface area (Å²) in [4.78, 5) is 27.1. The Hall–Kier alpha value is -3.62. The zero-order chi connectivity index (χ0) is 18.9. The van der Waals surface area contributed by atoms with Crippen molar-refractivity contribution in [3.05, 3.63) is 58.1 Å². The zero-order valence-electron chi connectivity index (χ0n) is 14.2. The van der Waals surface area contributed by atoms with Crippen molar-refractivity contribution >= 4 is 23.5 Å². The van der Waals surface area contributed by atoms with Crippen molar-refractivity contribution in [2.75, 3.05) is 19.5 Å². The van der Waals surface area contributed by atoms with Crippen molar-refractivity contribution in [3.8, 4) is 11.5 Å². The van der Waals surface area contributed by atoms with Crippen LogP contribution in [0.4, 0.5) is 11.4 Å². The summed E-state index contributed by atoms with van der Waals surface area (Å²) in [5, 5.41) is 16.9. The molecule has 0 atom stereocenters. The molecule has 0 heterocycles. The number of hydrogen-bond acceptors (Lipinski definition) is 7. The van der Waals surface area contributed by atoms with Crippen LogP contribution >= 0.6 is 0 Å². The van der Waals surface area contributed by atoms with E-state index in [1.807, 2.05) is 12.1 Å². The van der Waals surface area contributed by atoms with E-state index in [2.05, 4.69) is 10.5 Å². The minimum absolute atomic E-state index is 0.143. The Labute approximate surface area is 149 Å². The van der Waals surface area contributed by atoms with E-state index >= 15 is 0 Å². The summed E-state index contributed by atoms with van der Waals surface area (Å²) >= 11 is 0. The minimum atomic E-state index is -0.567. The first-order valence-electron chi connectivity index (χ1n) is 7.45. The van der Waals surface area contributed by atoms with E-state index in [-0.39, 0.29) is 23.7 Å². The Morgan fingerprint density at radius 1 is 1.23 bits per heavy atom. The number of nitrogens with one attached hydrogen (secondary N) is 1. The number of ether oxygens (including phenoxy) is 2. The molecule has 0 aromatic heterocycles. The van der Waals surface area contributed by atoms with Gasteiger partial charge in [-0.3, -0.25) is 14.9 Å². The van der Waals surface area contributed by atoms with Crippen molar-refractivity contribution in [1.82, 2.24) is 0 Å². The maximum atomic E-state index is 11.9. The molecular formula is C17H17N3O6. The number of rotatable bonds is 8. The Balaban J connectivity index is 1.91. The van der Waals surface area contributed by atoms with Gasteiger partial charge in [-0.25, -0.2) is 0 Å². The van der Waals surface area contributed by atoms with Gasteiger partial charge in [0, 0.05) is 6.07 Å². The van der Waals surface area contributed by atoms with Crippen LogP contribution in [0.25, 0.3) is 0 Å². The standard InChI is InChI=1S/C17H17N3O6/c1-24-14-5-3-4-12(8-14)11-26-18-10-17(21)19-15-7-6-13(20(22)23)9-16(15)25-2/h3-10H,11H2,1-2H3,(H,19,21)/b18-10-. The molecule has 0 aliphatic rings. The quantitative estimate of drug-likeness (QED) is 0.440. The maximum Gasteiger partial charge on any atom is 0.273 e. The summed E-state index contributed by atoms with van der Waals surface area (Å²) < 4.78 is 10.1. The number of hydrogen-bond donors (Lipinski definition) is 1. The minimum Gasteiger partial charge on any atom is -0.497 e. The Morgan fingerprint density at radius 3 is 2.73 bits per heavy atom. The van der Waals surface area contributed by atoms with E-state index in [9.17, 15) is 14.9 Å². The van der Waals surface area contributed by atoms with Crippen LogP contribution in [-0.4, -0.2) is 31.3 Å². The molecule has 0 aliphatic heterocycles. The highest BCUT2D eigenvalue weighted by Gasteiger charge is 2.12. The fraction of sp³-hybridized carbons (Fsp3) is 0.176. The number of anilines is 1. The van der Waals surface area contributed by atoms with Gasteiger partial charge in [0.2, 0.25) is 0 Å². The van der Waals surface area contributed by atoms with Gasteiger partial charge in [0.25, 0.3) is 11.6 Å². The molecule has 0 bridgehead atoms. The first kappa shape index (κ1) is 18.7. The van der Waals surface area contributed by atoms with Crippen LogP contribution in [0.2, 0.25) is 0 Å². The number of nitrogens with zero attached hydrogens (tertiary/aromatic N) is 2. The molecule has 1 amide bonds. The highest BCUT2D eigenvalue weighted by atomic mass is 16.6. The molecule has 2 aromatic carbocycles. The lowest BCUT2D eigenvalue weighted by Gasteiger charge is -2.08. The summed E-state index contributed by atoms with van der Waals surface area (Å²) in [7, 11) is 2.91. The summed E-state index contributed by atoms with van der Waals surface area (Å²) in [5.41, 5.74) is 0.969.